The maximum Gasteiger partial charge on any atom is 0.191 e. The lowest BCUT2D eigenvalue weighted by atomic mass is 10.1. The molecule has 0 bridgehead atoms. The van der Waals surface area contributed by atoms with Crippen molar-refractivity contribution in [3.05, 3.63) is 107 Å². The summed E-state index contributed by atoms with van der Waals surface area (Å²) >= 11 is 0. The number of benzene rings is 2. The van der Waals surface area contributed by atoms with Gasteiger partial charge in [-0.3, -0.25) is 4.79 Å². The van der Waals surface area contributed by atoms with Gasteiger partial charge in [0.2, 0.25) is 0 Å². The zero-order valence-corrected chi connectivity index (χ0v) is 15.6. The molecule has 0 amide bonds. The highest BCUT2D eigenvalue weighted by Crippen LogP contribution is 2.08. The molecular formula is C23H22ClNO. The number of ketones is 1. The average Bonchev–Trinajstić information content (AvgIpc) is 2.67. The molecule has 3 rings (SSSR count). The fraction of sp³-hybridized carbons (Fsp3) is 0.130. The maximum absolute atomic E-state index is 12.3. The van der Waals surface area contributed by atoms with Gasteiger partial charge in [0.25, 0.3) is 0 Å². The first kappa shape index (κ1) is 19.6. The lowest BCUT2D eigenvalue weighted by Crippen LogP contribution is -3.00. The number of rotatable bonds is 6. The summed E-state index contributed by atoms with van der Waals surface area (Å²) in [5, 5.41) is 0. The predicted molar refractivity (Wildman–Crippen MR) is 101 cm³/mol. The SMILES string of the molecule is CCc1ccc(C(=O)C=C[n+]2cccc(Cc3ccccc3)c2)cc1.[Cl-]. The Labute approximate surface area is 161 Å². The summed E-state index contributed by atoms with van der Waals surface area (Å²) in [5.41, 5.74) is 4.44. The molecule has 3 heteroatoms. The smallest absolute Gasteiger partial charge is 0.191 e. The molecule has 0 aliphatic rings. The summed E-state index contributed by atoms with van der Waals surface area (Å²) in [5.74, 6) is 0.0172. The maximum atomic E-state index is 12.3. The average molecular weight is 364 g/mol. The molecule has 0 atom stereocenters. The fourth-order valence-corrected chi connectivity index (χ4v) is 2.73. The molecule has 0 aliphatic carbocycles. The van der Waals surface area contributed by atoms with Crippen molar-refractivity contribution < 1.29 is 21.8 Å². The number of carbonyl (C=O) groups excluding carboxylic acids is 1. The minimum absolute atomic E-state index is 0. The second kappa shape index (κ2) is 9.69. The van der Waals surface area contributed by atoms with Gasteiger partial charge in [0.1, 0.15) is 0 Å². The molecule has 0 unspecified atom stereocenters. The summed E-state index contributed by atoms with van der Waals surface area (Å²) in [6.07, 6.45) is 9.28. The summed E-state index contributed by atoms with van der Waals surface area (Å²) in [7, 11) is 0. The molecule has 0 N–H and O–H groups in total. The van der Waals surface area contributed by atoms with E-state index in [9.17, 15) is 4.79 Å². The number of nitrogens with zero attached hydrogens (tertiary/aromatic N) is 1. The molecule has 132 valence electrons. The molecule has 3 aromatic rings. The summed E-state index contributed by atoms with van der Waals surface area (Å²) < 4.78 is 1.93. The van der Waals surface area contributed by atoms with Crippen LogP contribution in [0, 0.1) is 0 Å². The topological polar surface area (TPSA) is 20.9 Å². The Balaban J connectivity index is 0.00000243. The van der Waals surface area contributed by atoms with Gasteiger partial charge in [0.15, 0.2) is 24.4 Å². The Morgan fingerprint density at radius 2 is 1.58 bits per heavy atom. The van der Waals surface area contributed by atoms with Crippen LogP contribution in [0.2, 0.25) is 0 Å². The lowest BCUT2D eigenvalue weighted by molar-refractivity contribution is -0.568. The lowest BCUT2D eigenvalue weighted by Gasteiger charge is -2.00. The van der Waals surface area contributed by atoms with Gasteiger partial charge in [0.05, 0.1) is 6.08 Å². The highest BCUT2D eigenvalue weighted by Gasteiger charge is 2.05. The first-order chi connectivity index (χ1) is 12.2. The fourth-order valence-electron chi connectivity index (χ4n) is 2.73. The Morgan fingerprint density at radius 3 is 2.27 bits per heavy atom. The van der Waals surface area contributed by atoms with Crippen molar-refractivity contribution in [3.63, 3.8) is 0 Å². The molecule has 0 radical (unpaired) electrons. The van der Waals surface area contributed by atoms with Crippen LogP contribution in [0.4, 0.5) is 0 Å². The summed E-state index contributed by atoms with van der Waals surface area (Å²) in [6, 6.07) is 22.3. The zero-order chi connectivity index (χ0) is 17.5. The molecular weight excluding hydrogens is 342 g/mol. The van der Waals surface area contributed by atoms with Gasteiger partial charge in [0, 0.05) is 23.6 Å². The molecule has 0 saturated carbocycles. The third kappa shape index (κ3) is 5.40. The van der Waals surface area contributed by atoms with Crippen molar-refractivity contribution in [1.82, 2.24) is 0 Å². The van der Waals surface area contributed by atoms with E-state index in [0.29, 0.717) is 0 Å². The van der Waals surface area contributed by atoms with Crippen LogP contribution < -0.4 is 17.0 Å². The minimum atomic E-state index is 0. The van der Waals surface area contributed by atoms with Crippen LogP contribution in [-0.2, 0) is 12.8 Å². The van der Waals surface area contributed by atoms with Gasteiger partial charge in [-0.05, 0) is 23.6 Å². The van der Waals surface area contributed by atoms with Crippen molar-refractivity contribution in [2.24, 2.45) is 0 Å². The Hall–Kier alpha value is -2.71. The van der Waals surface area contributed by atoms with Gasteiger partial charge in [-0.25, -0.2) is 0 Å². The first-order valence-electron chi connectivity index (χ1n) is 8.59. The van der Waals surface area contributed by atoms with Crippen molar-refractivity contribution in [2.45, 2.75) is 19.8 Å². The largest absolute Gasteiger partial charge is 1.00 e. The van der Waals surface area contributed by atoms with E-state index < -0.39 is 0 Å². The van der Waals surface area contributed by atoms with E-state index >= 15 is 0 Å². The number of allylic oxidation sites excluding steroid dienone is 1. The Kier molecular flexibility index (Phi) is 7.31. The minimum Gasteiger partial charge on any atom is -1.00 e. The number of halogens is 1. The van der Waals surface area contributed by atoms with E-state index in [1.165, 1.54) is 16.7 Å². The predicted octanol–water partition coefficient (Wildman–Crippen LogP) is 1.48. The van der Waals surface area contributed by atoms with E-state index in [-0.39, 0.29) is 18.2 Å². The molecule has 0 saturated heterocycles. The third-order valence-corrected chi connectivity index (χ3v) is 4.18. The number of aryl methyl sites for hydroxylation is 1. The Morgan fingerprint density at radius 1 is 0.885 bits per heavy atom. The van der Waals surface area contributed by atoms with Crippen molar-refractivity contribution in [2.75, 3.05) is 0 Å². The van der Waals surface area contributed by atoms with Gasteiger partial charge in [-0.1, -0.05) is 61.5 Å². The normalized spacial score (nSPS) is 10.5. The molecule has 2 aromatic carbocycles. The van der Waals surface area contributed by atoms with Crippen LogP contribution in [0.15, 0.2) is 85.2 Å². The second-order valence-electron chi connectivity index (χ2n) is 6.05. The molecule has 0 fully saturated rings. The third-order valence-electron chi connectivity index (χ3n) is 4.18. The highest BCUT2D eigenvalue weighted by molar-refractivity contribution is 6.05. The standard InChI is InChI=1S/C23H22NO.ClH/c1-2-19-10-12-22(13-11-19)23(25)14-16-24-15-6-9-21(18-24)17-20-7-4-3-5-8-20;/h3-16,18H,2,17H2,1H3;1H/q+1;/p-1. The number of carbonyl (C=O) groups is 1. The van der Waals surface area contributed by atoms with E-state index in [4.69, 9.17) is 0 Å². The van der Waals surface area contributed by atoms with E-state index in [2.05, 4.69) is 43.5 Å². The number of aromatic nitrogens is 1. The number of pyridine rings is 1. The Bertz CT molecular complexity index is 870. The molecule has 1 heterocycles. The van der Waals surface area contributed by atoms with Gasteiger partial charge < -0.3 is 12.4 Å². The van der Waals surface area contributed by atoms with Crippen molar-refractivity contribution in [3.8, 4) is 0 Å². The summed E-state index contributed by atoms with van der Waals surface area (Å²) in [6.45, 7) is 2.11. The van der Waals surface area contributed by atoms with Crippen molar-refractivity contribution in [1.29, 1.82) is 0 Å². The van der Waals surface area contributed by atoms with Crippen LogP contribution in [-0.4, -0.2) is 5.78 Å². The van der Waals surface area contributed by atoms with Gasteiger partial charge in [-0.15, -0.1) is 0 Å². The first-order valence-corrected chi connectivity index (χ1v) is 8.59. The second-order valence-corrected chi connectivity index (χ2v) is 6.05. The van der Waals surface area contributed by atoms with Crippen LogP contribution in [0.5, 0.6) is 0 Å². The molecule has 1 aromatic heterocycles. The van der Waals surface area contributed by atoms with Crippen LogP contribution >= 0.6 is 0 Å². The number of hydrogen-bond donors (Lipinski definition) is 0. The molecule has 0 spiro atoms. The monoisotopic (exact) mass is 363 g/mol. The van der Waals surface area contributed by atoms with Crippen LogP contribution in [0.25, 0.3) is 6.20 Å². The van der Waals surface area contributed by atoms with Crippen LogP contribution in [0.1, 0.15) is 34.0 Å². The molecule has 26 heavy (non-hydrogen) atoms. The van der Waals surface area contributed by atoms with E-state index in [1.54, 1.807) is 6.08 Å². The molecule has 0 aliphatic heterocycles. The quantitative estimate of drug-likeness (QED) is 0.369. The highest BCUT2D eigenvalue weighted by atomic mass is 35.5. The van der Waals surface area contributed by atoms with E-state index in [1.807, 2.05) is 53.4 Å². The van der Waals surface area contributed by atoms with E-state index in [0.717, 1.165) is 18.4 Å². The van der Waals surface area contributed by atoms with Gasteiger partial charge in [-0.2, -0.15) is 4.57 Å². The summed E-state index contributed by atoms with van der Waals surface area (Å²) in [4.78, 5) is 12.3. The molecule has 2 nitrogen and oxygen atoms in total. The van der Waals surface area contributed by atoms with Crippen LogP contribution in [0.3, 0.4) is 0 Å². The van der Waals surface area contributed by atoms with Crippen molar-refractivity contribution >= 4 is 12.0 Å². The van der Waals surface area contributed by atoms with Gasteiger partial charge >= 0.3 is 0 Å². The zero-order valence-electron chi connectivity index (χ0n) is 14.8. The number of hydrogen-bond acceptors (Lipinski definition) is 1.